The van der Waals surface area contributed by atoms with Crippen molar-refractivity contribution in [3.05, 3.63) is 81.0 Å². The Hall–Kier alpha value is -2.30. The Morgan fingerprint density at radius 3 is 1.75 bits per heavy atom. The summed E-state index contributed by atoms with van der Waals surface area (Å²) < 4.78 is 0. The zero-order valence-corrected chi connectivity index (χ0v) is 14.3. The summed E-state index contributed by atoms with van der Waals surface area (Å²) in [5, 5.41) is 1.39. The van der Waals surface area contributed by atoms with E-state index in [0.717, 1.165) is 22.4 Å². The first-order valence-corrected chi connectivity index (χ1v) is 8.16. The van der Waals surface area contributed by atoms with Gasteiger partial charge in [0.05, 0.1) is 5.69 Å². The van der Waals surface area contributed by atoms with E-state index in [1.165, 1.54) is 0 Å². The van der Waals surface area contributed by atoms with Crippen LogP contribution in [-0.4, -0.2) is 9.97 Å². The lowest BCUT2D eigenvalue weighted by molar-refractivity contribution is 0.980. The molecule has 0 aliphatic carbocycles. The van der Waals surface area contributed by atoms with E-state index in [1.54, 1.807) is 0 Å². The average Bonchev–Trinajstić information content (AvgIpc) is 2.54. The molecular weight excluding hydrogens is 343 g/mol. The monoisotopic (exact) mass is 358 g/mol. The van der Waals surface area contributed by atoms with Crippen LogP contribution >= 0.6 is 23.2 Å². The average molecular weight is 359 g/mol. The number of nitrogen functional groups attached to an aromatic ring is 2. The molecule has 1 heterocycles. The number of nitrogens with zero attached hydrogens (tertiary/aromatic N) is 2. The van der Waals surface area contributed by atoms with Crippen LogP contribution in [-0.2, 0) is 12.8 Å². The fourth-order valence-electron chi connectivity index (χ4n) is 2.51. The van der Waals surface area contributed by atoms with E-state index in [0.29, 0.717) is 28.7 Å². The number of nitrogens with two attached hydrogens (primary N) is 2. The zero-order valence-electron chi connectivity index (χ0n) is 12.8. The highest BCUT2D eigenvalue weighted by atomic mass is 35.5. The standard InChI is InChI=1S/C18H16Cl2N4/c19-13-5-1-11(2-6-13)9-15-16(23-18(22)24-17(15)21)10-12-3-7-14(20)8-4-12/h1-8H,9-10H2,(H4,21,22,23,24). The van der Waals surface area contributed by atoms with Gasteiger partial charge < -0.3 is 11.5 Å². The highest BCUT2D eigenvalue weighted by Gasteiger charge is 2.13. The maximum atomic E-state index is 6.10. The number of aromatic nitrogens is 2. The fourth-order valence-corrected chi connectivity index (χ4v) is 2.76. The minimum absolute atomic E-state index is 0.177. The molecule has 24 heavy (non-hydrogen) atoms. The van der Waals surface area contributed by atoms with Gasteiger partial charge in [0.2, 0.25) is 5.95 Å². The molecule has 2 aromatic carbocycles. The first-order chi connectivity index (χ1) is 11.5. The van der Waals surface area contributed by atoms with E-state index in [-0.39, 0.29) is 5.95 Å². The smallest absolute Gasteiger partial charge is 0.222 e. The van der Waals surface area contributed by atoms with Crippen LogP contribution in [0.5, 0.6) is 0 Å². The van der Waals surface area contributed by atoms with Crippen LogP contribution in [0.25, 0.3) is 0 Å². The van der Waals surface area contributed by atoms with Gasteiger partial charge in [0.1, 0.15) is 5.82 Å². The summed E-state index contributed by atoms with van der Waals surface area (Å²) in [4.78, 5) is 8.49. The van der Waals surface area contributed by atoms with Gasteiger partial charge in [-0.05, 0) is 35.4 Å². The topological polar surface area (TPSA) is 77.8 Å². The fraction of sp³-hybridized carbons (Fsp3) is 0.111. The van der Waals surface area contributed by atoms with Gasteiger partial charge in [-0.1, -0.05) is 47.5 Å². The van der Waals surface area contributed by atoms with Crippen molar-refractivity contribution >= 4 is 35.0 Å². The third kappa shape index (κ3) is 3.96. The number of anilines is 2. The summed E-state index contributed by atoms with van der Waals surface area (Å²) in [5.41, 5.74) is 15.7. The molecule has 4 N–H and O–H groups in total. The lowest BCUT2D eigenvalue weighted by atomic mass is 10.00. The molecular formula is C18H16Cl2N4. The van der Waals surface area contributed by atoms with Crippen molar-refractivity contribution in [2.24, 2.45) is 0 Å². The number of hydrogen-bond donors (Lipinski definition) is 2. The second-order valence-electron chi connectivity index (χ2n) is 5.50. The van der Waals surface area contributed by atoms with Crippen LogP contribution in [0.2, 0.25) is 10.0 Å². The van der Waals surface area contributed by atoms with E-state index in [1.807, 2.05) is 48.5 Å². The van der Waals surface area contributed by atoms with Gasteiger partial charge in [-0.2, -0.15) is 4.98 Å². The molecule has 3 rings (SSSR count). The second-order valence-corrected chi connectivity index (χ2v) is 6.37. The van der Waals surface area contributed by atoms with Gasteiger partial charge in [0, 0.05) is 28.5 Å². The predicted octanol–water partition coefficient (Wildman–Crippen LogP) is 4.13. The summed E-state index contributed by atoms with van der Waals surface area (Å²) in [6.07, 6.45) is 1.23. The summed E-state index contributed by atoms with van der Waals surface area (Å²) in [7, 11) is 0. The van der Waals surface area contributed by atoms with E-state index in [4.69, 9.17) is 34.7 Å². The molecule has 0 aliphatic rings. The molecule has 4 nitrogen and oxygen atoms in total. The molecule has 0 atom stereocenters. The summed E-state index contributed by atoms with van der Waals surface area (Å²) in [5.74, 6) is 0.581. The molecule has 6 heteroatoms. The Kier molecular flexibility index (Phi) is 4.88. The first kappa shape index (κ1) is 16.6. The summed E-state index contributed by atoms with van der Waals surface area (Å²) in [6.45, 7) is 0. The number of rotatable bonds is 4. The quantitative estimate of drug-likeness (QED) is 0.734. The molecule has 0 saturated carbocycles. The van der Waals surface area contributed by atoms with Gasteiger partial charge in [-0.3, -0.25) is 0 Å². The van der Waals surface area contributed by atoms with Gasteiger partial charge in [-0.15, -0.1) is 0 Å². The minimum Gasteiger partial charge on any atom is -0.383 e. The lowest BCUT2D eigenvalue weighted by Crippen LogP contribution is -2.10. The van der Waals surface area contributed by atoms with Crippen molar-refractivity contribution in [1.29, 1.82) is 0 Å². The molecule has 3 aromatic rings. The van der Waals surface area contributed by atoms with E-state index >= 15 is 0 Å². The lowest BCUT2D eigenvalue weighted by Gasteiger charge is -2.12. The van der Waals surface area contributed by atoms with Crippen LogP contribution in [0.15, 0.2) is 48.5 Å². The van der Waals surface area contributed by atoms with Gasteiger partial charge >= 0.3 is 0 Å². The second kappa shape index (κ2) is 7.07. The zero-order chi connectivity index (χ0) is 17.1. The van der Waals surface area contributed by atoms with E-state index < -0.39 is 0 Å². The largest absolute Gasteiger partial charge is 0.383 e. The van der Waals surface area contributed by atoms with Gasteiger partial charge in [0.25, 0.3) is 0 Å². The molecule has 0 saturated heterocycles. The molecule has 122 valence electrons. The Morgan fingerprint density at radius 2 is 1.21 bits per heavy atom. The third-order valence-electron chi connectivity index (χ3n) is 3.72. The summed E-state index contributed by atoms with van der Waals surface area (Å²) in [6, 6.07) is 15.3. The van der Waals surface area contributed by atoms with Gasteiger partial charge in [0.15, 0.2) is 0 Å². The minimum atomic E-state index is 0.177. The van der Waals surface area contributed by atoms with Crippen LogP contribution in [0.1, 0.15) is 22.4 Å². The molecule has 0 fully saturated rings. The van der Waals surface area contributed by atoms with Crippen molar-refractivity contribution < 1.29 is 0 Å². The van der Waals surface area contributed by atoms with Crippen molar-refractivity contribution in [3.8, 4) is 0 Å². The Balaban J connectivity index is 1.95. The molecule has 0 amide bonds. The van der Waals surface area contributed by atoms with E-state index in [9.17, 15) is 0 Å². The van der Waals surface area contributed by atoms with Crippen molar-refractivity contribution in [2.45, 2.75) is 12.8 Å². The maximum absolute atomic E-state index is 6.10. The van der Waals surface area contributed by atoms with Crippen molar-refractivity contribution in [3.63, 3.8) is 0 Å². The van der Waals surface area contributed by atoms with Crippen molar-refractivity contribution in [1.82, 2.24) is 9.97 Å². The molecule has 0 bridgehead atoms. The van der Waals surface area contributed by atoms with E-state index in [2.05, 4.69) is 9.97 Å². The van der Waals surface area contributed by atoms with Crippen LogP contribution < -0.4 is 11.5 Å². The Labute approximate surface area is 150 Å². The van der Waals surface area contributed by atoms with Crippen LogP contribution in [0.3, 0.4) is 0 Å². The third-order valence-corrected chi connectivity index (χ3v) is 4.22. The van der Waals surface area contributed by atoms with Crippen LogP contribution in [0.4, 0.5) is 11.8 Å². The number of hydrogen-bond acceptors (Lipinski definition) is 4. The predicted molar refractivity (Wildman–Crippen MR) is 99.4 cm³/mol. The number of halogens is 2. The highest BCUT2D eigenvalue weighted by Crippen LogP contribution is 2.23. The normalized spacial score (nSPS) is 10.8. The van der Waals surface area contributed by atoms with Gasteiger partial charge in [-0.25, -0.2) is 4.98 Å². The Morgan fingerprint density at radius 1 is 0.708 bits per heavy atom. The molecule has 0 unspecified atom stereocenters. The maximum Gasteiger partial charge on any atom is 0.222 e. The molecule has 0 aliphatic heterocycles. The number of benzene rings is 2. The molecule has 0 spiro atoms. The van der Waals surface area contributed by atoms with Crippen LogP contribution in [0, 0.1) is 0 Å². The highest BCUT2D eigenvalue weighted by molar-refractivity contribution is 6.30. The van der Waals surface area contributed by atoms with Crippen molar-refractivity contribution in [2.75, 3.05) is 11.5 Å². The molecule has 0 radical (unpaired) electrons. The Bertz CT molecular complexity index is 846. The molecule has 1 aromatic heterocycles. The first-order valence-electron chi connectivity index (χ1n) is 7.41. The summed E-state index contributed by atoms with van der Waals surface area (Å²) >= 11 is 11.9. The SMILES string of the molecule is Nc1nc(N)c(Cc2ccc(Cl)cc2)c(Cc2ccc(Cl)cc2)n1.